The molecule has 0 aliphatic heterocycles. The highest BCUT2D eigenvalue weighted by molar-refractivity contribution is 5.75. The lowest BCUT2D eigenvalue weighted by Gasteiger charge is -2.16. The van der Waals surface area contributed by atoms with E-state index in [2.05, 4.69) is 4.98 Å². The minimum Gasteiger partial charge on any atom is -0.492 e. The third kappa shape index (κ3) is 7.08. The summed E-state index contributed by atoms with van der Waals surface area (Å²) in [6.07, 6.45) is -4.85. The van der Waals surface area contributed by atoms with Crippen LogP contribution < -0.4 is 10.3 Å². The van der Waals surface area contributed by atoms with Crippen LogP contribution in [-0.2, 0) is 39.8 Å². The number of esters is 1. The maximum atomic E-state index is 12.9. The third-order valence-electron chi connectivity index (χ3n) is 4.54. The van der Waals surface area contributed by atoms with E-state index in [0.29, 0.717) is 24.8 Å². The molecule has 1 aromatic heterocycles. The Kier molecular flexibility index (Phi) is 9.25. The fraction of sp³-hybridized carbons (Fsp3) is 0.500. The predicted octanol–water partition coefficient (Wildman–Crippen LogP) is 3.41. The predicted molar refractivity (Wildman–Crippen MR) is 111 cm³/mol. The van der Waals surface area contributed by atoms with Crippen LogP contribution >= 0.6 is 0 Å². The minimum absolute atomic E-state index is 0.0460. The number of rotatable bonds is 11. The van der Waals surface area contributed by atoms with E-state index in [1.165, 1.54) is 4.57 Å². The second-order valence-electron chi connectivity index (χ2n) is 6.79. The molecule has 0 fully saturated rings. The van der Waals surface area contributed by atoms with Gasteiger partial charge in [0.05, 0.1) is 13.2 Å². The molecule has 1 aromatic carbocycles. The highest BCUT2D eigenvalue weighted by atomic mass is 19.4. The van der Waals surface area contributed by atoms with E-state index in [-0.39, 0.29) is 32.0 Å². The standard InChI is InChI=1S/C22H27F3N2O5/c1-4-19-26-18(22(23,24)25)14-20(28)27(19)11-12-32-16-9-7-15(8-10-16)13-17(30-5-2)21(29)31-6-3/h7-10,14,17H,4-6,11-13H2,1-3H3. The summed E-state index contributed by atoms with van der Waals surface area (Å²) in [7, 11) is 0. The van der Waals surface area contributed by atoms with E-state index in [9.17, 15) is 22.8 Å². The smallest absolute Gasteiger partial charge is 0.433 e. The van der Waals surface area contributed by atoms with Gasteiger partial charge in [0.1, 0.15) is 18.2 Å². The first kappa shape index (κ1) is 25.4. The third-order valence-corrected chi connectivity index (χ3v) is 4.54. The fourth-order valence-corrected chi connectivity index (χ4v) is 3.05. The number of aryl methyl sites for hydroxylation is 1. The average Bonchev–Trinajstić information content (AvgIpc) is 2.74. The molecule has 0 N–H and O–H groups in total. The van der Waals surface area contributed by atoms with Crippen LogP contribution in [0, 0.1) is 0 Å². The van der Waals surface area contributed by atoms with Crippen molar-refractivity contribution in [2.45, 2.75) is 52.4 Å². The number of hydrogen-bond donors (Lipinski definition) is 0. The summed E-state index contributed by atoms with van der Waals surface area (Å²) >= 11 is 0. The van der Waals surface area contributed by atoms with Crippen molar-refractivity contribution in [3.63, 3.8) is 0 Å². The molecule has 1 atom stereocenters. The first-order chi connectivity index (χ1) is 15.2. The van der Waals surface area contributed by atoms with Gasteiger partial charge in [0.2, 0.25) is 0 Å². The molecule has 0 radical (unpaired) electrons. The topological polar surface area (TPSA) is 79.7 Å². The second-order valence-corrected chi connectivity index (χ2v) is 6.79. The van der Waals surface area contributed by atoms with E-state index in [1.54, 1.807) is 45.0 Å². The van der Waals surface area contributed by atoms with Crippen molar-refractivity contribution in [1.29, 1.82) is 0 Å². The summed E-state index contributed by atoms with van der Waals surface area (Å²) < 4.78 is 55.8. The van der Waals surface area contributed by atoms with Gasteiger partial charge in [-0.25, -0.2) is 9.78 Å². The normalized spacial score (nSPS) is 12.4. The lowest BCUT2D eigenvalue weighted by molar-refractivity contribution is -0.156. The van der Waals surface area contributed by atoms with Crippen molar-refractivity contribution >= 4 is 5.97 Å². The maximum Gasteiger partial charge on any atom is 0.433 e. The summed E-state index contributed by atoms with van der Waals surface area (Å²) in [6.45, 7) is 5.93. The van der Waals surface area contributed by atoms with Crippen LogP contribution in [0.2, 0.25) is 0 Å². The first-order valence-electron chi connectivity index (χ1n) is 10.4. The molecule has 176 valence electrons. The van der Waals surface area contributed by atoms with Crippen LogP contribution in [-0.4, -0.2) is 41.4 Å². The Morgan fingerprint density at radius 1 is 1.12 bits per heavy atom. The summed E-state index contributed by atoms with van der Waals surface area (Å²) in [5, 5.41) is 0. The molecule has 10 heteroatoms. The van der Waals surface area contributed by atoms with Crippen molar-refractivity contribution in [2.75, 3.05) is 19.8 Å². The molecule has 7 nitrogen and oxygen atoms in total. The number of ether oxygens (including phenoxy) is 3. The van der Waals surface area contributed by atoms with Gasteiger partial charge in [-0.1, -0.05) is 19.1 Å². The van der Waals surface area contributed by atoms with Crippen LogP contribution in [0.5, 0.6) is 5.75 Å². The Morgan fingerprint density at radius 3 is 2.38 bits per heavy atom. The Hall–Kier alpha value is -2.88. The fourth-order valence-electron chi connectivity index (χ4n) is 3.05. The summed E-state index contributed by atoms with van der Waals surface area (Å²) in [5.41, 5.74) is -1.12. The van der Waals surface area contributed by atoms with E-state index in [0.717, 1.165) is 5.56 Å². The molecule has 0 saturated heterocycles. The van der Waals surface area contributed by atoms with Gasteiger partial charge in [-0.2, -0.15) is 13.2 Å². The van der Waals surface area contributed by atoms with Crippen molar-refractivity contribution in [3.05, 3.63) is 57.8 Å². The molecule has 0 aliphatic rings. The highest BCUT2D eigenvalue weighted by Crippen LogP contribution is 2.26. The van der Waals surface area contributed by atoms with Gasteiger partial charge < -0.3 is 14.2 Å². The molecule has 0 bridgehead atoms. The largest absolute Gasteiger partial charge is 0.492 e. The summed E-state index contributed by atoms with van der Waals surface area (Å²) in [6, 6.07) is 7.47. The zero-order valence-electron chi connectivity index (χ0n) is 18.3. The first-order valence-corrected chi connectivity index (χ1v) is 10.4. The van der Waals surface area contributed by atoms with E-state index < -0.39 is 29.5 Å². The molecule has 2 aromatic rings. The van der Waals surface area contributed by atoms with E-state index >= 15 is 0 Å². The molecule has 0 saturated carbocycles. The SMILES string of the molecule is CCOC(=O)C(Cc1ccc(OCCn2c(CC)nc(C(F)(F)F)cc2=O)cc1)OCC. The number of carbonyl (C=O) groups excluding carboxylic acids is 1. The van der Waals surface area contributed by atoms with Crippen molar-refractivity contribution in [3.8, 4) is 5.75 Å². The van der Waals surface area contributed by atoms with Crippen LogP contribution in [0.4, 0.5) is 13.2 Å². The number of aromatic nitrogens is 2. The zero-order chi connectivity index (χ0) is 23.7. The average molecular weight is 456 g/mol. The maximum absolute atomic E-state index is 12.9. The lowest BCUT2D eigenvalue weighted by atomic mass is 10.1. The number of carbonyl (C=O) groups is 1. The lowest BCUT2D eigenvalue weighted by Crippen LogP contribution is -2.29. The van der Waals surface area contributed by atoms with Crippen molar-refractivity contribution in [1.82, 2.24) is 9.55 Å². The molecule has 1 unspecified atom stereocenters. The van der Waals surface area contributed by atoms with Crippen molar-refractivity contribution < 1.29 is 32.2 Å². The summed E-state index contributed by atoms with van der Waals surface area (Å²) in [5.74, 6) is 0.144. The number of alkyl halides is 3. The van der Waals surface area contributed by atoms with Gasteiger partial charge in [0, 0.05) is 25.5 Å². The van der Waals surface area contributed by atoms with Gasteiger partial charge in [-0.3, -0.25) is 9.36 Å². The molecule has 0 amide bonds. The van der Waals surface area contributed by atoms with Gasteiger partial charge in [0.25, 0.3) is 5.56 Å². The molecule has 2 rings (SSSR count). The molecular weight excluding hydrogens is 429 g/mol. The monoisotopic (exact) mass is 456 g/mol. The van der Waals surface area contributed by atoms with Gasteiger partial charge >= 0.3 is 12.1 Å². The quantitative estimate of drug-likeness (QED) is 0.482. The second kappa shape index (κ2) is 11.7. The molecule has 32 heavy (non-hydrogen) atoms. The van der Waals surface area contributed by atoms with Gasteiger partial charge in [0.15, 0.2) is 11.8 Å². The van der Waals surface area contributed by atoms with Crippen LogP contribution in [0.1, 0.15) is 37.9 Å². The van der Waals surface area contributed by atoms with E-state index in [1.807, 2.05) is 0 Å². The Bertz CT molecular complexity index is 942. The Morgan fingerprint density at radius 2 is 1.81 bits per heavy atom. The molecule has 0 aliphatic carbocycles. The summed E-state index contributed by atoms with van der Waals surface area (Å²) in [4.78, 5) is 27.7. The number of hydrogen-bond acceptors (Lipinski definition) is 6. The molecule has 1 heterocycles. The van der Waals surface area contributed by atoms with Gasteiger partial charge in [-0.05, 0) is 31.5 Å². The van der Waals surface area contributed by atoms with E-state index in [4.69, 9.17) is 14.2 Å². The molecular formula is C22H27F3N2O5. The van der Waals surface area contributed by atoms with Crippen LogP contribution in [0.3, 0.4) is 0 Å². The number of nitrogens with zero attached hydrogens (tertiary/aromatic N) is 2. The highest BCUT2D eigenvalue weighted by Gasteiger charge is 2.33. The zero-order valence-corrected chi connectivity index (χ0v) is 18.3. The van der Waals surface area contributed by atoms with Gasteiger partial charge in [-0.15, -0.1) is 0 Å². The number of benzene rings is 1. The Labute approximate surface area is 184 Å². The minimum atomic E-state index is -4.67. The molecule has 0 spiro atoms. The Balaban J connectivity index is 1.99. The van der Waals surface area contributed by atoms with Crippen LogP contribution in [0.25, 0.3) is 0 Å². The van der Waals surface area contributed by atoms with Crippen molar-refractivity contribution in [2.24, 2.45) is 0 Å². The van der Waals surface area contributed by atoms with Crippen LogP contribution in [0.15, 0.2) is 35.1 Å². The number of halogens is 3.